The average Bonchev–Trinajstić information content (AvgIpc) is 2.35. The fourth-order valence-electron chi connectivity index (χ4n) is 2.36. The molecule has 0 spiro atoms. The lowest BCUT2D eigenvalue weighted by molar-refractivity contribution is 0.384. The maximum atomic E-state index is 11.6. The van der Waals surface area contributed by atoms with Crippen LogP contribution in [-0.4, -0.2) is 24.1 Å². The third-order valence-electron chi connectivity index (χ3n) is 3.22. The van der Waals surface area contributed by atoms with E-state index in [1.807, 2.05) is 32.0 Å². The number of hydrogen-bond donors (Lipinski definition) is 1. The largest absolute Gasteiger partial charge is 0.507 e. The molecule has 0 saturated heterocycles. The zero-order valence-electron chi connectivity index (χ0n) is 12.1. The lowest BCUT2D eigenvalue weighted by Gasteiger charge is -2.16. The molecule has 0 aliphatic rings. The number of aromatic hydroxyl groups is 1. The summed E-state index contributed by atoms with van der Waals surface area (Å²) >= 11 is 0. The van der Waals surface area contributed by atoms with E-state index in [1.54, 1.807) is 6.08 Å². The molecule has 20 heavy (non-hydrogen) atoms. The predicted molar refractivity (Wildman–Crippen MR) is 80.2 cm³/mol. The Morgan fingerprint density at radius 2 is 2.10 bits per heavy atom. The van der Waals surface area contributed by atoms with Gasteiger partial charge in [-0.1, -0.05) is 6.08 Å². The molecule has 4 heteroatoms. The second kappa shape index (κ2) is 5.51. The minimum absolute atomic E-state index is 0.180. The van der Waals surface area contributed by atoms with Gasteiger partial charge in [-0.25, -0.2) is 4.79 Å². The Balaban J connectivity index is 2.83. The fourth-order valence-corrected chi connectivity index (χ4v) is 2.36. The maximum Gasteiger partial charge on any atom is 0.336 e. The summed E-state index contributed by atoms with van der Waals surface area (Å²) in [6.45, 7) is 6.18. The maximum absolute atomic E-state index is 11.6. The summed E-state index contributed by atoms with van der Waals surface area (Å²) in [6, 6.07) is 3.35. The minimum Gasteiger partial charge on any atom is -0.507 e. The lowest BCUT2D eigenvalue weighted by atomic mass is 9.99. The quantitative estimate of drug-likeness (QED) is 0.687. The summed E-state index contributed by atoms with van der Waals surface area (Å²) in [5.41, 5.74) is 2.34. The predicted octanol–water partition coefficient (Wildman–Crippen LogP) is 2.60. The number of benzene rings is 1. The molecular weight excluding hydrogens is 254 g/mol. The third-order valence-corrected chi connectivity index (χ3v) is 3.22. The normalized spacial score (nSPS) is 11.2. The molecule has 1 aromatic heterocycles. The first-order valence-corrected chi connectivity index (χ1v) is 6.47. The number of nitrogens with zero attached hydrogens (tertiary/aromatic N) is 1. The first kappa shape index (κ1) is 14.3. The number of fused-ring (bicyclic) bond motifs is 1. The van der Waals surface area contributed by atoms with Gasteiger partial charge >= 0.3 is 5.63 Å². The molecule has 0 saturated carbocycles. The highest BCUT2D eigenvalue weighted by molar-refractivity contribution is 5.86. The Morgan fingerprint density at radius 3 is 2.70 bits per heavy atom. The smallest absolute Gasteiger partial charge is 0.336 e. The molecule has 106 valence electrons. The molecule has 0 unspecified atom stereocenters. The molecule has 1 N–H and O–H groups in total. The van der Waals surface area contributed by atoms with Crippen LogP contribution >= 0.6 is 0 Å². The molecule has 0 fully saturated rings. The summed E-state index contributed by atoms with van der Waals surface area (Å²) in [4.78, 5) is 13.5. The molecule has 0 aliphatic heterocycles. The Hall–Kier alpha value is -2.07. The minimum atomic E-state index is -0.403. The highest BCUT2D eigenvalue weighted by atomic mass is 16.4. The molecular formula is C16H19NO3. The average molecular weight is 273 g/mol. The van der Waals surface area contributed by atoms with Gasteiger partial charge in [0, 0.05) is 29.1 Å². The molecule has 0 amide bonds. The van der Waals surface area contributed by atoms with Crippen molar-refractivity contribution in [1.29, 1.82) is 0 Å². The van der Waals surface area contributed by atoms with Crippen molar-refractivity contribution in [3.8, 4) is 5.75 Å². The van der Waals surface area contributed by atoms with Crippen molar-refractivity contribution in [3.63, 3.8) is 0 Å². The van der Waals surface area contributed by atoms with Gasteiger partial charge in [-0.3, -0.25) is 0 Å². The second-order valence-corrected chi connectivity index (χ2v) is 5.22. The van der Waals surface area contributed by atoms with Crippen molar-refractivity contribution in [2.45, 2.75) is 19.9 Å². The zero-order valence-corrected chi connectivity index (χ0v) is 12.1. The van der Waals surface area contributed by atoms with Crippen LogP contribution in [0, 0.1) is 6.92 Å². The first-order valence-electron chi connectivity index (χ1n) is 6.47. The van der Waals surface area contributed by atoms with Gasteiger partial charge in [-0.15, -0.1) is 6.58 Å². The van der Waals surface area contributed by atoms with Gasteiger partial charge in [-0.05, 0) is 39.1 Å². The second-order valence-electron chi connectivity index (χ2n) is 5.22. The van der Waals surface area contributed by atoms with E-state index in [-0.39, 0.29) is 5.75 Å². The molecule has 0 atom stereocenters. The lowest BCUT2D eigenvalue weighted by Crippen LogP contribution is -2.11. The first-order chi connectivity index (χ1) is 9.43. The third kappa shape index (κ3) is 2.60. The Labute approximate surface area is 117 Å². The fraction of sp³-hybridized carbons (Fsp3) is 0.312. The van der Waals surface area contributed by atoms with E-state index in [2.05, 4.69) is 6.58 Å². The van der Waals surface area contributed by atoms with Crippen LogP contribution in [0.3, 0.4) is 0 Å². The number of hydrogen-bond acceptors (Lipinski definition) is 4. The van der Waals surface area contributed by atoms with E-state index < -0.39 is 5.63 Å². The topological polar surface area (TPSA) is 53.7 Å². The van der Waals surface area contributed by atoms with Gasteiger partial charge in [0.1, 0.15) is 11.3 Å². The highest BCUT2D eigenvalue weighted by Crippen LogP contribution is 2.33. The summed E-state index contributed by atoms with van der Waals surface area (Å²) in [5.74, 6) is 0.180. The highest BCUT2D eigenvalue weighted by Gasteiger charge is 2.16. The number of phenolic OH excluding ortho intramolecular Hbond substituents is 1. The number of phenols is 1. The molecule has 4 nitrogen and oxygen atoms in total. The van der Waals surface area contributed by atoms with E-state index in [0.29, 0.717) is 24.1 Å². The molecule has 0 aliphatic carbocycles. The van der Waals surface area contributed by atoms with Crippen molar-refractivity contribution in [2.24, 2.45) is 0 Å². The molecule has 0 bridgehead atoms. The van der Waals surface area contributed by atoms with Crippen LogP contribution in [0.5, 0.6) is 5.75 Å². The Kier molecular flexibility index (Phi) is 3.95. The van der Waals surface area contributed by atoms with Crippen molar-refractivity contribution in [1.82, 2.24) is 4.90 Å². The van der Waals surface area contributed by atoms with Crippen LogP contribution in [0.2, 0.25) is 0 Å². The van der Waals surface area contributed by atoms with Crippen LogP contribution in [0.25, 0.3) is 11.0 Å². The summed E-state index contributed by atoms with van der Waals surface area (Å²) in [5, 5.41) is 11.3. The van der Waals surface area contributed by atoms with Crippen LogP contribution in [0.15, 0.2) is 34.0 Å². The molecule has 0 radical (unpaired) electrons. The van der Waals surface area contributed by atoms with E-state index in [0.717, 1.165) is 16.5 Å². The molecule has 1 heterocycles. The zero-order chi connectivity index (χ0) is 14.9. The number of rotatable bonds is 4. The molecule has 2 aromatic rings. The van der Waals surface area contributed by atoms with E-state index in [1.165, 1.54) is 6.07 Å². The van der Waals surface area contributed by atoms with Crippen molar-refractivity contribution in [2.75, 3.05) is 14.1 Å². The summed E-state index contributed by atoms with van der Waals surface area (Å²) in [7, 11) is 3.88. The van der Waals surface area contributed by atoms with E-state index >= 15 is 0 Å². The van der Waals surface area contributed by atoms with Crippen molar-refractivity contribution >= 4 is 11.0 Å². The number of aryl methyl sites for hydroxylation is 1. The number of allylic oxidation sites excluding steroid dienone is 1. The van der Waals surface area contributed by atoms with Gasteiger partial charge in [0.25, 0.3) is 0 Å². The summed E-state index contributed by atoms with van der Waals surface area (Å²) < 4.78 is 5.29. The molecule has 1 aromatic carbocycles. The van der Waals surface area contributed by atoms with Gasteiger partial charge in [-0.2, -0.15) is 0 Å². The Morgan fingerprint density at radius 1 is 1.40 bits per heavy atom. The van der Waals surface area contributed by atoms with Crippen LogP contribution in [0.4, 0.5) is 0 Å². The van der Waals surface area contributed by atoms with Gasteiger partial charge in [0.05, 0.1) is 0 Å². The van der Waals surface area contributed by atoms with Crippen molar-refractivity contribution < 1.29 is 9.52 Å². The summed E-state index contributed by atoms with van der Waals surface area (Å²) in [6.07, 6.45) is 2.15. The van der Waals surface area contributed by atoms with Crippen LogP contribution < -0.4 is 5.63 Å². The van der Waals surface area contributed by atoms with E-state index in [9.17, 15) is 9.90 Å². The van der Waals surface area contributed by atoms with Gasteiger partial charge < -0.3 is 14.4 Å². The Bertz CT molecular complexity index is 714. The SMILES string of the molecule is C=CCc1c(O)c(CN(C)C)cc2c(C)cc(=O)oc12. The standard InChI is InChI=1S/C16H19NO3/c1-5-6-12-15(19)11(9-17(3)4)8-13-10(2)7-14(18)20-16(12)13/h5,7-8,19H,1,6,9H2,2-4H3. The van der Waals surface area contributed by atoms with Crippen LogP contribution in [-0.2, 0) is 13.0 Å². The van der Waals surface area contributed by atoms with E-state index in [4.69, 9.17) is 4.42 Å². The monoisotopic (exact) mass is 273 g/mol. The van der Waals surface area contributed by atoms with Crippen LogP contribution in [0.1, 0.15) is 16.7 Å². The van der Waals surface area contributed by atoms with Gasteiger partial charge in [0.15, 0.2) is 0 Å². The molecule has 2 rings (SSSR count). The van der Waals surface area contributed by atoms with Crippen molar-refractivity contribution in [3.05, 3.63) is 51.9 Å². The van der Waals surface area contributed by atoms with Gasteiger partial charge in [0.2, 0.25) is 0 Å².